The zero-order chi connectivity index (χ0) is 12.5. The van der Waals surface area contributed by atoms with Crippen molar-refractivity contribution in [2.75, 3.05) is 6.61 Å². The molecule has 0 aromatic heterocycles. The van der Waals surface area contributed by atoms with E-state index in [4.69, 9.17) is 15.7 Å². The van der Waals surface area contributed by atoms with Gasteiger partial charge in [0.25, 0.3) is 0 Å². The largest absolute Gasteiger partial charge is 0.493 e. The summed E-state index contributed by atoms with van der Waals surface area (Å²) in [7, 11) is 0. The molecule has 1 aromatic carbocycles. The minimum absolute atomic E-state index is 0.185. The lowest BCUT2D eigenvalue weighted by molar-refractivity contribution is 0.305. The Morgan fingerprint density at radius 3 is 2.65 bits per heavy atom. The number of benzene rings is 1. The van der Waals surface area contributed by atoms with Gasteiger partial charge in [-0.05, 0) is 30.5 Å². The third-order valence-electron chi connectivity index (χ3n) is 2.50. The van der Waals surface area contributed by atoms with Crippen LogP contribution in [0, 0.1) is 0 Å². The molecule has 0 aliphatic heterocycles. The smallest absolute Gasteiger partial charge is 0.142 e. The average Bonchev–Trinajstić information content (AvgIpc) is 2.37. The van der Waals surface area contributed by atoms with Crippen molar-refractivity contribution in [3.63, 3.8) is 0 Å². The molecular formula is C13H20N2O2. The predicted octanol–water partition coefficient (Wildman–Crippen LogP) is 2.54. The number of aryl methyl sites for hydroxylation is 1. The second kappa shape index (κ2) is 7.54. The number of rotatable bonds is 7. The molecule has 0 aliphatic carbocycles. The summed E-state index contributed by atoms with van der Waals surface area (Å²) in [6, 6.07) is 8.07. The first kappa shape index (κ1) is 13.4. The Balaban J connectivity index is 2.35. The maximum absolute atomic E-state index is 8.36. The van der Waals surface area contributed by atoms with Crippen molar-refractivity contribution in [2.24, 2.45) is 10.9 Å². The normalized spacial score (nSPS) is 11.5. The minimum Gasteiger partial charge on any atom is -0.493 e. The van der Waals surface area contributed by atoms with Gasteiger partial charge in [0.05, 0.1) is 6.61 Å². The highest BCUT2D eigenvalue weighted by molar-refractivity contribution is 5.79. The van der Waals surface area contributed by atoms with E-state index in [1.54, 1.807) is 0 Å². The molecular weight excluding hydrogens is 216 g/mol. The van der Waals surface area contributed by atoms with E-state index in [1.165, 1.54) is 18.4 Å². The number of nitrogens with zero attached hydrogens (tertiary/aromatic N) is 1. The van der Waals surface area contributed by atoms with Crippen LogP contribution in [-0.2, 0) is 6.42 Å². The van der Waals surface area contributed by atoms with Gasteiger partial charge in [0, 0.05) is 6.42 Å². The van der Waals surface area contributed by atoms with Crippen LogP contribution in [0.3, 0.4) is 0 Å². The fourth-order valence-electron chi connectivity index (χ4n) is 1.46. The van der Waals surface area contributed by atoms with E-state index in [2.05, 4.69) is 24.2 Å². The number of amidine groups is 1. The molecule has 0 fully saturated rings. The van der Waals surface area contributed by atoms with Gasteiger partial charge in [0.1, 0.15) is 11.6 Å². The topological polar surface area (TPSA) is 67.8 Å². The summed E-state index contributed by atoms with van der Waals surface area (Å²) in [5.41, 5.74) is 6.67. The summed E-state index contributed by atoms with van der Waals surface area (Å²) >= 11 is 0. The summed E-state index contributed by atoms with van der Waals surface area (Å²) in [5, 5.41) is 11.2. The van der Waals surface area contributed by atoms with Gasteiger partial charge in [-0.25, -0.2) is 0 Å². The number of ether oxygens (including phenoxy) is 1. The number of hydrogen-bond acceptors (Lipinski definition) is 3. The van der Waals surface area contributed by atoms with Crippen LogP contribution in [0.25, 0.3) is 0 Å². The predicted molar refractivity (Wildman–Crippen MR) is 68.6 cm³/mol. The molecule has 17 heavy (non-hydrogen) atoms. The zero-order valence-corrected chi connectivity index (χ0v) is 10.2. The van der Waals surface area contributed by atoms with Gasteiger partial charge in [0.2, 0.25) is 0 Å². The monoisotopic (exact) mass is 236 g/mol. The average molecular weight is 236 g/mol. The first-order chi connectivity index (χ1) is 8.26. The molecule has 0 radical (unpaired) electrons. The Hall–Kier alpha value is -1.71. The van der Waals surface area contributed by atoms with Gasteiger partial charge in [-0.3, -0.25) is 0 Å². The Kier molecular flexibility index (Phi) is 5.93. The Labute approximate surface area is 102 Å². The first-order valence-electron chi connectivity index (χ1n) is 5.94. The molecule has 94 valence electrons. The van der Waals surface area contributed by atoms with Gasteiger partial charge in [-0.15, -0.1) is 0 Å². The van der Waals surface area contributed by atoms with E-state index >= 15 is 0 Å². The van der Waals surface area contributed by atoms with Crippen LogP contribution in [-0.4, -0.2) is 17.6 Å². The summed E-state index contributed by atoms with van der Waals surface area (Å²) in [5.74, 6) is 1.00. The number of hydrogen-bond donors (Lipinski definition) is 2. The van der Waals surface area contributed by atoms with Gasteiger partial charge < -0.3 is 15.7 Å². The lowest BCUT2D eigenvalue weighted by Crippen LogP contribution is -2.15. The van der Waals surface area contributed by atoms with Crippen LogP contribution >= 0.6 is 0 Å². The number of unbranched alkanes of at least 4 members (excludes halogenated alkanes) is 1. The van der Waals surface area contributed by atoms with Crippen LogP contribution in [0.5, 0.6) is 5.75 Å². The molecule has 1 aromatic rings. The molecule has 0 heterocycles. The molecule has 0 saturated carbocycles. The van der Waals surface area contributed by atoms with E-state index < -0.39 is 0 Å². The molecule has 3 N–H and O–H groups in total. The fourth-order valence-corrected chi connectivity index (χ4v) is 1.46. The molecule has 0 atom stereocenters. The van der Waals surface area contributed by atoms with Gasteiger partial charge in [-0.1, -0.05) is 30.6 Å². The number of nitrogens with two attached hydrogens (primary N) is 1. The molecule has 0 spiro atoms. The molecule has 0 aliphatic rings. The third-order valence-corrected chi connectivity index (χ3v) is 2.50. The maximum Gasteiger partial charge on any atom is 0.142 e. The maximum atomic E-state index is 8.36. The van der Waals surface area contributed by atoms with Crippen molar-refractivity contribution in [3.05, 3.63) is 29.8 Å². The summed E-state index contributed by atoms with van der Waals surface area (Å²) < 4.78 is 5.47. The van der Waals surface area contributed by atoms with Gasteiger partial charge >= 0.3 is 0 Å². The van der Waals surface area contributed by atoms with Crippen LogP contribution in [0.2, 0.25) is 0 Å². The van der Waals surface area contributed by atoms with E-state index in [0.29, 0.717) is 13.0 Å². The van der Waals surface area contributed by atoms with Crippen molar-refractivity contribution in [1.29, 1.82) is 0 Å². The highest BCUT2D eigenvalue weighted by Crippen LogP contribution is 2.14. The van der Waals surface area contributed by atoms with Crippen LogP contribution in [0.15, 0.2) is 29.4 Å². The van der Waals surface area contributed by atoms with Gasteiger partial charge in [-0.2, -0.15) is 0 Å². The highest BCUT2D eigenvalue weighted by atomic mass is 16.5. The molecule has 0 amide bonds. The lowest BCUT2D eigenvalue weighted by atomic mass is 10.1. The van der Waals surface area contributed by atoms with Crippen LogP contribution in [0.4, 0.5) is 0 Å². The van der Waals surface area contributed by atoms with Crippen LogP contribution < -0.4 is 10.5 Å². The van der Waals surface area contributed by atoms with Crippen molar-refractivity contribution in [3.8, 4) is 5.75 Å². The lowest BCUT2D eigenvalue weighted by Gasteiger charge is -2.06. The Morgan fingerprint density at radius 2 is 2.06 bits per heavy atom. The van der Waals surface area contributed by atoms with Crippen molar-refractivity contribution >= 4 is 5.84 Å². The van der Waals surface area contributed by atoms with E-state index in [0.717, 1.165) is 12.2 Å². The van der Waals surface area contributed by atoms with E-state index in [1.807, 2.05) is 12.1 Å². The van der Waals surface area contributed by atoms with Crippen molar-refractivity contribution < 1.29 is 9.94 Å². The molecule has 0 saturated heterocycles. The summed E-state index contributed by atoms with van der Waals surface area (Å²) in [4.78, 5) is 0. The van der Waals surface area contributed by atoms with Gasteiger partial charge in [0.15, 0.2) is 0 Å². The van der Waals surface area contributed by atoms with E-state index in [9.17, 15) is 0 Å². The Morgan fingerprint density at radius 1 is 1.35 bits per heavy atom. The molecule has 0 unspecified atom stereocenters. The molecule has 4 heteroatoms. The quantitative estimate of drug-likeness (QED) is 0.331. The van der Waals surface area contributed by atoms with Crippen molar-refractivity contribution in [2.45, 2.75) is 32.6 Å². The Bertz CT molecular complexity index is 347. The van der Waals surface area contributed by atoms with Crippen molar-refractivity contribution in [1.82, 2.24) is 0 Å². The minimum atomic E-state index is 0.185. The first-order valence-corrected chi connectivity index (χ1v) is 5.94. The SMILES string of the molecule is CCCCc1ccc(OCC/C(N)=N/O)cc1. The molecule has 4 nitrogen and oxygen atoms in total. The summed E-state index contributed by atoms with van der Waals surface area (Å²) in [6.45, 7) is 2.61. The second-order valence-corrected chi connectivity index (χ2v) is 3.94. The van der Waals surface area contributed by atoms with Crippen LogP contribution in [0.1, 0.15) is 31.7 Å². The zero-order valence-electron chi connectivity index (χ0n) is 10.2. The highest BCUT2D eigenvalue weighted by Gasteiger charge is 1.97. The molecule has 0 bridgehead atoms. The van der Waals surface area contributed by atoms with E-state index in [-0.39, 0.29) is 5.84 Å². The summed E-state index contributed by atoms with van der Waals surface area (Å²) in [6.07, 6.45) is 3.96. The second-order valence-electron chi connectivity index (χ2n) is 3.94. The molecule has 1 rings (SSSR count). The fraction of sp³-hybridized carbons (Fsp3) is 0.462. The standard InChI is InChI=1S/C13H20N2O2/c1-2-3-4-11-5-7-12(8-6-11)17-10-9-13(14)15-16/h5-8,16H,2-4,9-10H2,1H3,(H2,14,15). The number of oxime groups is 1. The third kappa shape index (κ3) is 5.24.